The van der Waals surface area contributed by atoms with Gasteiger partial charge in [0.1, 0.15) is 6.04 Å². The van der Waals surface area contributed by atoms with Gasteiger partial charge in [0.25, 0.3) is 0 Å². The Hall–Kier alpha value is -1.47. The maximum Gasteiger partial charge on any atom is 0.242 e. The van der Waals surface area contributed by atoms with Crippen LogP contribution >= 0.6 is 15.9 Å². The van der Waals surface area contributed by atoms with E-state index in [0.29, 0.717) is 0 Å². The quantitative estimate of drug-likeness (QED) is 0.837. The van der Waals surface area contributed by atoms with Crippen molar-refractivity contribution < 1.29 is 4.79 Å². The number of halogens is 1. The molecule has 1 rings (SSSR count). The molecule has 0 fully saturated rings. The molecule has 0 heterocycles. The number of rotatable bonds is 4. The van der Waals surface area contributed by atoms with Crippen LogP contribution in [0.1, 0.15) is 12.5 Å². The molecule has 0 aromatic heterocycles. The summed E-state index contributed by atoms with van der Waals surface area (Å²) in [5.74, 6) is 2.26. The highest BCUT2D eigenvalue weighted by atomic mass is 79.9. The Morgan fingerprint density at radius 3 is 2.88 bits per heavy atom. The van der Waals surface area contributed by atoms with Crippen molar-refractivity contribution in [3.8, 4) is 12.3 Å². The van der Waals surface area contributed by atoms with E-state index in [2.05, 4.69) is 32.5 Å². The third kappa shape index (κ3) is 4.12. The van der Waals surface area contributed by atoms with Crippen molar-refractivity contribution in [2.75, 3.05) is 11.9 Å². The van der Waals surface area contributed by atoms with E-state index in [1.54, 1.807) is 6.92 Å². The molecule has 1 amide bonds. The van der Waals surface area contributed by atoms with Gasteiger partial charge in [0.05, 0.1) is 6.54 Å². The lowest BCUT2D eigenvalue weighted by Gasteiger charge is -2.16. The van der Waals surface area contributed by atoms with E-state index in [1.165, 1.54) is 0 Å². The number of benzene rings is 1. The summed E-state index contributed by atoms with van der Waals surface area (Å²) in [6.45, 7) is 4.04. The Bertz CT molecular complexity index is 451. The predicted molar refractivity (Wildman–Crippen MR) is 73.8 cm³/mol. The minimum Gasteiger partial charge on any atom is -0.374 e. The molecule has 0 aliphatic carbocycles. The molecule has 1 aromatic carbocycles. The Morgan fingerprint density at radius 1 is 1.59 bits per heavy atom. The smallest absolute Gasteiger partial charge is 0.242 e. The zero-order chi connectivity index (χ0) is 12.8. The molecule has 3 nitrogen and oxygen atoms in total. The zero-order valence-electron chi connectivity index (χ0n) is 9.88. The summed E-state index contributed by atoms with van der Waals surface area (Å²) in [5, 5.41) is 5.78. The second kappa shape index (κ2) is 6.31. The molecule has 90 valence electrons. The molecule has 0 bridgehead atoms. The third-order valence-electron chi connectivity index (χ3n) is 2.32. The van der Waals surface area contributed by atoms with E-state index >= 15 is 0 Å². The van der Waals surface area contributed by atoms with Crippen LogP contribution in [-0.2, 0) is 4.79 Å². The molecule has 1 aromatic rings. The number of aryl methyl sites for hydroxylation is 1. The molecule has 2 N–H and O–H groups in total. The second-order valence-corrected chi connectivity index (χ2v) is 4.66. The minimum atomic E-state index is -0.316. The van der Waals surface area contributed by atoms with Crippen molar-refractivity contribution in [2.24, 2.45) is 0 Å². The molecule has 0 saturated carbocycles. The Balaban J connectivity index is 2.65. The van der Waals surface area contributed by atoms with Gasteiger partial charge in [0.15, 0.2) is 0 Å². The van der Waals surface area contributed by atoms with Gasteiger partial charge in [-0.2, -0.15) is 0 Å². The van der Waals surface area contributed by atoms with E-state index in [1.807, 2.05) is 25.1 Å². The van der Waals surface area contributed by atoms with Crippen molar-refractivity contribution >= 4 is 27.5 Å². The van der Waals surface area contributed by atoms with Crippen LogP contribution in [0.2, 0.25) is 0 Å². The van der Waals surface area contributed by atoms with Crippen LogP contribution in [0.4, 0.5) is 5.69 Å². The van der Waals surface area contributed by atoms with Crippen molar-refractivity contribution in [3.63, 3.8) is 0 Å². The highest BCUT2D eigenvalue weighted by Crippen LogP contribution is 2.20. The van der Waals surface area contributed by atoms with Gasteiger partial charge in [-0.3, -0.25) is 4.79 Å². The van der Waals surface area contributed by atoms with Crippen LogP contribution in [0, 0.1) is 19.3 Å². The summed E-state index contributed by atoms with van der Waals surface area (Å²) in [7, 11) is 0. The fourth-order valence-corrected chi connectivity index (χ4v) is 1.85. The van der Waals surface area contributed by atoms with Gasteiger partial charge in [-0.15, -0.1) is 6.42 Å². The normalized spacial score (nSPS) is 11.4. The monoisotopic (exact) mass is 294 g/mol. The first-order valence-corrected chi connectivity index (χ1v) is 6.07. The Kier molecular flexibility index (Phi) is 5.05. The van der Waals surface area contributed by atoms with E-state index in [9.17, 15) is 4.79 Å². The van der Waals surface area contributed by atoms with Crippen LogP contribution in [0.25, 0.3) is 0 Å². The first-order chi connectivity index (χ1) is 8.04. The largest absolute Gasteiger partial charge is 0.374 e. The topological polar surface area (TPSA) is 41.1 Å². The van der Waals surface area contributed by atoms with Gasteiger partial charge in [-0.25, -0.2) is 0 Å². The van der Waals surface area contributed by atoms with Gasteiger partial charge in [0.2, 0.25) is 5.91 Å². The lowest BCUT2D eigenvalue weighted by Crippen LogP contribution is -2.37. The summed E-state index contributed by atoms with van der Waals surface area (Å²) in [5.41, 5.74) is 2.02. The molecule has 0 saturated heterocycles. The zero-order valence-corrected chi connectivity index (χ0v) is 11.5. The summed E-state index contributed by atoms with van der Waals surface area (Å²) < 4.78 is 1.02. The summed E-state index contributed by atoms with van der Waals surface area (Å²) in [6.07, 6.45) is 5.08. The van der Waals surface area contributed by atoms with E-state index in [0.717, 1.165) is 15.7 Å². The number of nitrogens with one attached hydrogen (secondary N) is 2. The number of amides is 1. The lowest BCUT2D eigenvalue weighted by molar-refractivity contribution is -0.121. The van der Waals surface area contributed by atoms with Crippen LogP contribution in [0.5, 0.6) is 0 Å². The van der Waals surface area contributed by atoms with E-state index < -0.39 is 0 Å². The number of carbonyl (C=O) groups is 1. The molecule has 0 radical (unpaired) electrons. The number of anilines is 1. The highest BCUT2D eigenvalue weighted by molar-refractivity contribution is 9.10. The molecule has 4 heteroatoms. The van der Waals surface area contributed by atoms with E-state index in [-0.39, 0.29) is 18.5 Å². The highest BCUT2D eigenvalue weighted by Gasteiger charge is 2.12. The predicted octanol–water partition coefficient (Wildman–Crippen LogP) is 2.31. The SMILES string of the molecule is C#CCNC(=O)C(C)Nc1ccc(Br)cc1C. The van der Waals surface area contributed by atoms with Crippen LogP contribution in [-0.4, -0.2) is 18.5 Å². The number of hydrogen-bond donors (Lipinski definition) is 2. The molecule has 0 spiro atoms. The first kappa shape index (κ1) is 13.6. The van der Waals surface area contributed by atoms with Gasteiger partial charge < -0.3 is 10.6 Å². The Labute approximate surface area is 110 Å². The van der Waals surface area contributed by atoms with Crippen molar-refractivity contribution in [2.45, 2.75) is 19.9 Å². The van der Waals surface area contributed by atoms with Crippen LogP contribution < -0.4 is 10.6 Å². The average Bonchev–Trinajstić information content (AvgIpc) is 2.29. The molecule has 0 aliphatic heterocycles. The van der Waals surface area contributed by atoms with Gasteiger partial charge >= 0.3 is 0 Å². The fraction of sp³-hybridized carbons (Fsp3) is 0.308. The first-order valence-electron chi connectivity index (χ1n) is 5.28. The van der Waals surface area contributed by atoms with Crippen molar-refractivity contribution in [3.05, 3.63) is 28.2 Å². The standard InChI is InChI=1S/C13H15BrN2O/c1-4-7-15-13(17)10(3)16-12-6-5-11(14)8-9(12)2/h1,5-6,8,10,16H,7H2,2-3H3,(H,15,17). The van der Waals surface area contributed by atoms with Crippen molar-refractivity contribution in [1.82, 2.24) is 5.32 Å². The molecular formula is C13H15BrN2O. The lowest BCUT2D eigenvalue weighted by atomic mass is 10.2. The number of carbonyl (C=O) groups excluding carboxylic acids is 1. The van der Waals surface area contributed by atoms with Crippen LogP contribution in [0.3, 0.4) is 0 Å². The molecule has 17 heavy (non-hydrogen) atoms. The van der Waals surface area contributed by atoms with Crippen molar-refractivity contribution in [1.29, 1.82) is 0 Å². The number of hydrogen-bond acceptors (Lipinski definition) is 2. The molecule has 0 aliphatic rings. The van der Waals surface area contributed by atoms with Crippen LogP contribution in [0.15, 0.2) is 22.7 Å². The molecule has 1 atom stereocenters. The summed E-state index contributed by atoms with van der Waals surface area (Å²) >= 11 is 3.40. The average molecular weight is 295 g/mol. The molecule has 1 unspecified atom stereocenters. The maximum absolute atomic E-state index is 11.6. The van der Waals surface area contributed by atoms with E-state index in [4.69, 9.17) is 6.42 Å². The Morgan fingerprint density at radius 2 is 2.29 bits per heavy atom. The second-order valence-electron chi connectivity index (χ2n) is 3.75. The van der Waals surface area contributed by atoms with Gasteiger partial charge in [-0.05, 0) is 37.6 Å². The maximum atomic E-state index is 11.6. The number of terminal acetylenes is 1. The van der Waals surface area contributed by atoms with Gasteiger partial charge in [0, 0.05) is 10.2 Å². The fourth-order valence-electron chi connectivity index (χ4n) is 1.38. The minimum absolute atomic E-state index is 0.106. The molecular weight excluding hydrogens is 280 g/mol. The third-order valence-corrected chi connectivity index (χ3v) is 2.81. The summed E-state index contributed by atoms with van der Waals surface area (Å²) in [6, 6.07) is 5.54. The van der Waals surface area contributed by atoms with Gasteiger partial charge in [-0.1, -0.05) is 21.9 Å². The summed E-state index contributed by atoms with van der Waals surface area (Å²) in [4.78, 5) is 11.6.